The minimum atomic E-state index is 0.274. The standard InChI is InChI=1S/C20H31N/c1-4-6-8-9-10-16-20(3,15-7-5-2)19-13-11-18(17-21)12-14-19/h11-14H,4-10,15-16H2,1-3H3. The number of benzene rings is 1. The van der Waals surface area contributed by atoms with Gasteiger partial charge in [0.1, 0.15) is 0 Å². The molecule has 1 aromatic rings. The molecule has 1 nitrogen and oxygen atoms in total. The van der Waals surface area contributed by atoms with Gasteiger partial charge in [-0.3, -0.25) is 0 Å². The highest BCUT2D eigenvalue weighted by Gasteiger charge is 2.25. The van der Waals surface area contributed by atoms with Crippen molar-refractivity contribution in [3.05, 3.63) is 35.4 Å². The number of hydrogen-bond donors (Lipinski definition) is 0. The highest BCUT2D eigenvalue weighted by molar-refractivity contribution is 5.34. The van der Waals surface area contributed by atoms with Crippen molar-refractivity contribution in [2.75, 3.05) is 0 Å². The fourth-order valence-corrected chi connectivity index (χ4v) is 3.05. The SMILES string of the molecule is CCCCCCCC(C)(CCCC)c1ccc(C#N)cc1. The molecule has 0 spiro atoms. The summed E-state index contributed by atoms with van der Waals surface area (Å²) < 4.78 is 0. The number of rotatable bonds is 10. The predicted molar refractivity (Wildman–Crippen MR) is 91.4 cm³/mol. The molecule has 0 saturated carbocycles. The predicted octanol–water partition coefficient (Wildman–Crippen LogP) is 6.37. The van der Waals surface area contributed by atoms with Crippen LogP contribution >= 0.6 is 0 Å². The van der Waals surface area contributed by atoms with Crippen molar-refractivity contribution in [2.24, 2.45) is 0 Å². The fraction of sp³-hybridized carbons (Fsp3) is 0.650. The number of nitriles is 1. The maximum Gasteiger partial charge on any atom is 0.0991 e. The first-order valence-electron chi connectivity index (χ1n) is 8.67. The molecule has 0 bridgehead atoms. The summed E-state index contributed by atoms with van der Waals surface area (Å²) in [5, 5.41) is 8.95. The molecule has 0 N–H and O–H groups in total. The van der Waals surface area contributed by atoms with Crippen LogP contribution in [0.1, 0.15) is 89.7 Å². The van der Waals surface area contributed by atoms with Gasteiger partial charge in [0.2, 0.25) is 0 Å². The number of hydrogen-bond acceptors (Lipinski definition) is 1. The Morgan fingerprint density at radius 2 is 1.43 bits per heavy atom. The molecule has 0 fully saturated rings. The summed E-state index contributed by atoms with van der Waals surface area (Å²) in [5.74, 6) is 0. The van der Waals surface area contributed by atoms with Crippen LogP contribution in [0, 0.1) is 11.3 Å². The molecule has 1 aromatic carbocycles. The average molecular weight is 285 g/mol. The quantitative estimate of drug-likeness (QED) is 0.458. The van der Waals surface area contributed by atoms with E-state index in [4.69, 9.17) is 5.26 Å². The van der Waals surface area contributed by atoms with E-state index >= 15 is 0 Å². The average Bonchev–Trinajstić information content (AvgIpc) is 2.53. The van der Waals surface area contributed by atoms with E-state index in [1.54, 1.807) is 0 Å². The summed E-state index contributed by atoms with van der Waals surface area (Å²) in [6.45, 7) is 6.94. The van der Waals surface area contributed by atoms with Gasteiger partial charge in [-0.2, -0.15) is 5.26 Å². The third-order valence-electron chi connectivity index (χ3n) is 4.63. The van der Waals surface area contributed by atoms with Gasteiger partial charge in [-0.15, -0.1) is 0 Å². The highest BCUT2D eigenvalue weighted by atomic mass is 14.3. The molecule has 0 aliphatic heterocycles. The molecular formula is C20H31N. The molecule has 0 aliphatic carbocycles. The molecule has 0 heterocycles. The highest BCUT2D eigenvalue weighted by Crippen LogP contribution is 2.35. The van der Waals surface area contributed by atoms with Crippen molar-refractivity contribution in [3.8, 4) is 6.07 Å². The molecule has 0 radical (unpaired) electrons. The van der Waals surface area contributed by atoms with E-state index in [1.807, 2.05) is 12.1 Å². The van der Waals surface area contributed by atoms with Gasteiger partial charge in [0.25, 0.3) is 0 Å². The van der Waals surface area contributed by atoms with Gasteiger partial charge in [-0.05, 0) is 36.0 Å². The van der Waals surface area contributed by atoms with Crippen LogP contribution in [0.2, 0.25) is 0 Å². The van der Waals surface area contributed by atoms with Gasteiger partial charge in [-0.1, -0.05) is 77.8 Å². The Labute approximate surface area is 131 Å². The van der Waals surface area contributed by atoms with E-state index in [0.29, 0.717) is 0 Å². The molecular weight excluding hydrogens is 254 g/mol. The molecule has 0 aliphatic rings. The Bertz CT molecular complexity index is 426. The van der Waals surface area contributed by atoms with Crippen molar-refractivity contribution in [3.63, 3.8) is 0 Å². The van der Waals surface area contributed by atoms with Crippen LogP contribution < -0.4 is 0 Å². The van der Waals surface area contributed by atoms with E-state index in [2.05, 4.69) is 39.0 Å². The first-order valence-corrected chi connectivity index (χ1v) is 8.67. The molecule has 21 heavy (non-hydrogen) atoms. The van der Waals surface area contributed by atoms with Crippen LogP contribution in [0.15, 0.2) is 24.3 Å². The maximum atomic E-state index is 8.95. The van der Waals surface area contributed by atoms with E-state index in [9.17, 15) is 0 Å². The van der Waals surface area contributed by atoms with Gasteiger partial charge in [-0.25, -0.2) is 0 Å². The summed E-state index contributed by atoms with van der Waals surface area (Å²) in [6.07, 6.45) is 11.8. The topological polar surface area (TPSA) is 23.8 Å². The summed E-state index contributed by atoms with van der Waals surface area (Å²) >= 11 is 0. The van der Waals surface area contributed by atoms with Crippen molar-refractivity contribution >= 4 is 0 Å². The molecule has 1 atom stereocenters. The van der Waals surface area contributed by atoms with E-state index in [0.717, 1.165) is 5.56 Å². The van der Waals surface area contributed by atoms with E-state index in [1.165, 1.54) is 63.4 Å². The van der Waals surface area contributed by atoms with Gasteiger partial charge >= 0.3 is 0 Å². The maximum absolute atomic E-state index is 8.95. The summed E-state index contributed by atoms with van der Waals surface area (Å²) in [5.41, 5.74) is 2.45. The molecule has 0 amide bonds. The van der Waals surface area contributed by atoms with Crippen molar-refractivity contribution in [1.29, 1.82) is 5.26 Å². The summed E-state index contributed by atoms with van der Waals surface area (Å²) in [7, 11) is 0. The Morgan fingerprint density at radius 3 is 2.00 bits per heavy atom. The lowest BCUT2D eigenvalue weighted by molar-refractivity contribution is 0.368. The third-order valence-corrected chi connectivity index (χ3v) is 4.63. The lowest BCUT2D eigenvalue weighted by Gasteiger charge is -2.30. The fourth-order valence-electron chi connectivity index (χ4n) is 3.05. The minimum Gasteiger partial charge on any atom is -0.192 e. The number of unbranched alkanes of at least 4 members (excludes halogenated alkanes) is 5. The zero-order valence-corrected chi connectivity index (χ0v) is 14.1. The Hall–Kier alpha value is -1.29. The molecule has 0 saturated heterocycles. The van der Waals surface area contributed by atoms with Gasteiger partial charge in [0.15, 0.2) is 0 Å². The molecule has 1 heteroatoms. The van der Waals surface area contributed by atoms with Crippen LogP contribution in [-0.2, 0) is 5.41 Å². The lowest BCUT2D eigenvalue weighted by Crippen LogP contribution is -2.22. The normalized spacial score (nSPS) is 13.6. The molecule has 1 rings (SSSR count). The minimum absolute atomic E-state index is 0.274. The van der Waals surface area contributed by atoms with Crippen molar-refractivity contribution in [1.82, 2.24) is 0 Å². The van der Waals surface area contributed by atoms with E-state index in [-0.39, 0.29) is 5.41 Å². The summed E-state index contributed by atoms with van der Waals surface area (Å²) in [6, 6.07) is 10.5. The third kappa shape index (κ3) is 5.92. The second-order valence-electron chi connectivity index (χ2n) is 6.52. The molecule has 116 valence electrons. The summed E-state index contributed by atoms with van der Waals surface area (Å²) in [4.78, 5) is 0. The second kappa shape index (κ2) is 9.61. The Morgan fingerprint density at radius 1 is 0.857 bits per heavy atom. The first-order chi connectivity index (χ1) is 10.2. The zero-order chi connectivity index (χ0) is 15.6. The molecule has 1 unspecified atom stereocenters. The van der Waals surface area contributed by atoms with Crippen LogP contribution in [0.3, 0.4) is 0 Å². The number of nitrogens with zero attached hydrogens (tertiary/aromatic N) is 1. The monoisotopic (exact) mass is 285 g/mol. The van der Waals surface area contributed by atoms with Crippen LogP contribution in [0.25, 0.3) is 0 Å². The van der Waals surface area contributed by atoms with Gasteiger partial charge in [0, 0.05) is 0 Å². The zero-order valence-electron chi connectivity index (χ0n) is 14.1. The second-order valence-corrected chi connectivity index (χ2v) is 6.52. The van der Waals surface area contributed by atoms with Gasteiger partial charge < -0.3 is 0 Å². The largest absolute Gasteiger partial charge is 0.192 e. The van der Waals surface area contributed by atoms with Gasteiger partial charge in [0.05, 0.1) is 11.6 Å². The lowest BCUT2D eigenvalue weighted by atomic mass is 9.74. The molecule has 0 aromatic heterocycles. The first kappa shape index (κ1) is 17.8. The smallest absolute Gasteiger partial charge is 0.0991 e. The van der Waals surface area contributed by atoms with Crippen LogP contribution in [0.5, 0.6) is 0 Å². The Kier molecular flexibility index (Phi) is 8.13. The Balaban J connectivity index is 2.69. The van der Waals surface area contributed by atoms with Crippen LogP contribution in [-0.4, -0.2) is 0 Å². The van der Waals surface area contributed by atoms with Crippen molar-refractivity contribution in [2.45, 2.75) is 84.0 Å². The van der Waals surface area contributed by atoms with E-state index < -0.39 is 0 Å². The van der Waals surface area contributed by atoms with Crippen LogP contribution in [0.4, 0.5) is 0 Å². The van der Waals surface area contributed by atoms with Crippen molar-refractivity contribution < 1.29 is 0 Å².